The molecule has 0 unspecified atom stereocenters. The van der Waals surface area contributed by atoms with Crippen molar-refractivity contribution in [1.29, 1.82) is 0 Å². The van der Waals surface area contributed by atoms with Crippen LogP contribution in [0.5, 0.6) is 11.5 Å². The first-order chi connectivity index (χ1) is 15.7. The van der Waals surface area contributed by atoms with Gasteiger partial charge in [-0.1, -0.05) is 24.3 Å². The number of nitrogens with zero attached hydrogens (tertiary/aromatic N) is 1. The van der Waals surface area contributed by atoms with Gasteiger partial charge in [0.1, 0.15) is 17.3 Å². The molecule has 0 radical (unpaired) electrons. The van der Waals surface area contributed by atoms with Crippen molar-refractivity contribution in [3.8, 4) is 22.6 Å². The van der Waals surface area contributed by atoms with Gasteiger partial charge in [-0.05, 0) is 53.4 Å². The molecule has 0 aliphatic heterocycles. The number of hydrogen-bond donors (Lipinski definition) is 2. The number of alkyl halides is 3. The molecule has 0 spiro atoms. The molecule has 1 heterocycles. The number of carbonyl (C=O) groups is 1. The summed E-state index contributed by atoms with van der Waals surface area (Å²) < 4.78 is 46.6. The molecule has 3 aromatic rings. The van der Waals surface area contributed by atoms with Crippen molar-refractivity contribution in [2.24, 2.45) is 5.92 Å². The van der Waals surface area contributed by atoms with Crippen LogP contribution in [0.15, 0.2) is 60.8 Å². The summed E-state index contributed by atoms with van der Waals surface area (Å²) in [5.74, 6) is -0.258. The predicted octanol–water partition coefficient (Wildman–Crippen LogP) is 5.46. The number of hydrogen-bond acceptors (Lipinski definition) is 5. The van der Waals surface area contributed by atoms with E-state index in [1.807, 2.05) is 24.3 Å². The fourth-order valence-corrected chi connectivity index (χ4v) is 3.72. The van der Waals surface area contributed by atoms with Crippen LogP contribution in [0, 0.1) is 5.92 Å². The van der Waals surface area contributed by atoms with Gasteiger partial charge in [-0.2, -0.15) is 0 Å². The standard InChI is InChI=1S/C24H21F3N2O4/c1-32-21-10-15(5-7-18(21)19-11-20(19)23(30)31)16-6-8-22(29-13-16)28-12-14-3-2-4-17(9-14)33-24(25,26)27/h2-10,13,19-20H,11-12H2,1H3,(H,28,29)(H,30,31)/t19-,20+/m0/s1. The van der Waals surface area contributed by atoms with Crippen LogP contribution >= 0.6 is 0 Å². The van der Waals surface area contributed by atoms with Crippen molar-refractivity contribution in [2.45, 2.75) is 25.2 Å². The molecule has 4 rings (SSSR count). The second kappa shape index (κ2) is 9.01. The largest absolute Gasteiger partial charge is 0.573 e. The minimum Gasteiger partial charge on any atom is -0.496 e. The number of aliphatic carboxylic acids is 1. The van der Waals surface area contributed by atoms with Crippen molar-refractivity contribution in [3.63, 3.8) is 0 Å². The van der Waals surface area contributed by atoms with E-state index >= 15 is 0 Å². The fourth-order valence-electron chi connectivity index (χ4n) is 3.72. The first-order valence-electron chi connectivity index (χ1n) is 10.2. The van der Waals surface area contributed by atoms with Crippen LogP contribution in [-0.4, -0.2) is 29.5 Å². The number of ether oxygens (including phenoxy) is 2. The Bertz CT molecular complexity index is 1150. The third-order valence-electron chi connectivity index (χ3n) is 5.44. The van der Waals surface area contributed by atoms with Crippen LogP contribution in [0.25, 0.3) is 11.1 Å². The minimum absolute atomic E-state index is 0.0313. The molecule has 9 heteroatoms. The highest BCUT2D eigenvalue weighted by Gasteiger charge is 2.45. The zero-order valence-corrected chi connectivity index (χ0v) is 17.6. The van der Waals surface area contributed by atoms with Crippen molar-refractivity contribution in [3.05, 3.63) is 71.9 Å². The van der Waals surface area contributed by atoms with Crippen LogP contribution in [0.2, 0.25) is 0 Å². The van der Waals surface area contributed by atoms with Crippen LogP contribution in [0.1, 0.15) is 23.5 Å². The van der Waals surface area contributed by atoms with Crippen molar-refractivity contribution >= 4 is 11.8 Å². The van der Waals surface area contributed by atoms with Gasteiger partial charge in [0.2, 0.25) is 0 Å². The first-order valence-corrected chi connectivity index (χ1v) is 10.2. The highest BCUT2D eigenvalue weighted by atomic mass is 19.4. The van der Waals surface area contributed by atoms with E-state index < -0.39 is 12.3 Å². The van der Waals surface area contributed by atoms with Gasteiger partial charge in [-0.25, -0.2) is 4.98 Å². The van der Waals surface area contributed by atoms with Gasteiger partial charge < -0.3 is 19.9 Å². The van der Waals surface area contributed by atoms with E-state index in [-0.39, 0.29) is 24.1 Å². The summed E-state index contributed by atoms with van der Waals surface area (Å²) >= 11 is 0. The molecule has 1 aromatic heterocycles. The van der Waals surface area contributed by atoms with E-state index in [4.69, 9.17) is 4.74 Å². The third-order valence-corrected chi connectivity index (χ3v) is 5.44. The van der Waals surface area contributed by atoms with Gasteiger partial charge in [0.05, 0.1) is 13.0 Å². The van der Waals surface area contributed by atoms with E-state index in [1.165, 1.54) is 18.2 Å². The molecule has 2 aromatic carbocycles. The van der Waals surface area contributed by atoms with Gasteiger partial charge in [-0.15, -0.1) is 13.2 Å². The van der Waals surface area contributed by atoms with Crippen LogP contribution < -0.4 is 14.8 Å². The maximum absolute atomic E-state index is 12.4. The number of halogens is 3. The van der Waals surface area contributed by atoms with E-state index in [9.17, 15) is 23.1 Å². The molecule has 0 amide bonds. The van der Waals surface area contributed by atoms with E-state index in [1.54, 1.807) is 25.4 Å². The maximum Gasteiger partial charge on any atom is 0.573 e. The molecular weight excluding hydrogens is 437 g/mol. The zero-order valence-electron chi connectivity index (χ0n) is 17.6. The molecule has 33 heavy (non-hydrogen) atoms. The number of anilines is 1. The second-order valence-electron chi connectivity index (χ2n) is 7.72. The zero-order chi connectivity index (χ0) is 23.6. The Balaban J connectivity index is 1.42. The molecular formula is C24H21F3N2O4. The van der Waals surface area contributed by atoms with Crippen molar-refractivity contribution < 1.29 is 32.5 Å². The highest BCUT2D eigenvalue weighted by molar-refractivity contribution is 5.76. The number of aromatic nitrogens is 1. The van der Waals surface area contributed by atoms with E-state index in [0.29, 0.717) is 23.6 Å². The number of rotatable bonds is 8. The smallest absolute Gasteiger partial charge is 0.496 e. The quantitative estimate of drug-likeness (QED) is 0.467. The summed E-state index contributed by atoms with van der Waals surface area (Å²) in [7, 11) is 1.56. The Morgan fingerprint density at radius 3 is 2.58 bits per heavy atom. The molecule has 2 atom stereocenters. The molecule has 1 aliphatic rings. The number of carboxylic acid groups (broad SMARTS) is 1. The first kappa shape index (κ1) is 22.4. The Morgan fingerprint density at radius 1 is 1.15 bits per heavy atom. The average molecular weight is 458 g/mol. The van der Waals surface area contributed by atoms with Gasteiger partial charge in [-0.3, -0.25) is 4.79 Å². The molecule has 0 saturated heterocycles. The fraction of sp³-hybridized carbons (Fsp3) is 0.250. The van der Waals surface area contributed by atoms with Crippen LogP contribution in [0.3, 0.4) is 0 Å². The lowest BCUT2D eigenvalue weighted by Crippen LogP contribution is -2.17. The summed E-state index contributed by atoms with van der Waals surface area (Å²) in [5, 5.41) is 12.2. The number of benzene rings is 2. The predicted molar refractivity (Wildman–Crippen MR) is 115 cm³/mol. The molecule has 1 fully saturated rings. The maximum atomic E-state index is 12.4. The molecule has 0 bridgehead atoms. The molecule has 6 nitrogen and oxygen atoms in total. The van der Waals surface area contributed by atoms with Gasteiger partial charge >= 0.3 is 12.3 Å². The SMILES string of the molecule is COc1cc(-c2ccc(NCc3cccc(OC(F)(F)F)c3)nc2)ccc1[C@@H]1C[C@H]1C(=O)O. The summed E-state index contributed by atoms with van der Waals surface area (Å²) in [6, 6.07) is 15.0. The number of pyridine rings is 1. The molecule has 1 aliphatic carbocycles. The lowest BCUT2D eigenvalue weighted by Gasteiger charge is -2.12. The molecule has 172 valence electrons. The third kappa shape index (κ3) is 5.54. The Hall–Kier alpha value is -3.75. The Labute approximate surface area is 188 Å². The second-order valence-corrected chi connectivity index (χ2v) is 7.72. The topological polar surface area (TPSA) is 80.7 Å². The number of carboxylic acids is 1. The Kier molecular flexibility index (Phi) is 6.13. The van der Waals surface area contributed by atoms with Gasteiger partial charge in [0, 0.05) is 24.2 Å². The molecule has 2 N–H and O–H groups in total. The lowest BCUT2D eigenvalue weighted by molar-refractivity contribution is -0.274. The van der Waals surface area contributed by atoms with E-state index in [2.05, 4.69) is 15.0 Å². The normalized spacial score (nSPS) is 17.3. The monoisotopic (exact) mass is 458 g/mol. The van der Waals surface area contributed by atoms with Gasteiger partial charge in [0.15, 0.2) is 0 Å². The van der Waals surface area contributed by atoms with E-state index in [0.717, 1.165) is 16.7 Å². The Morgan fingerprint density at radius 2 is 1.94 bits per heavy atom. The number of methoxy groups -OCH3 is 1. The lowest BCUT2D eigenvalue weighted by atomic mass is 10.0. The van der Waals surface area contributed by atoms with Crippen LogP contribution in [-0.2, 0) is 11.3 Å². The van der Waals surface area contributed by atoms with Crippen molar-refractivity contribution in [2.75, 3.05) is 12.4 Å². The number of nitrogens with one attached hydrogen (secondary N) is 1. The summed E-state index contributed by atoms with van der Waals surface area (Å²) in [5.41, 5.74) is 3.22. The van der Waals surface area contributed by atoms with Crippen molar-refractivity contribution in [1.82, 2.24) is 4.98 Å². The minimum atomic E-state index is -4.74. The summed E-state index contributed by atoms with van der Waals surface area (Å²) in [4.78, 5) is 15.5. The summed E-state index contributed by atoms with van der Waals surface area (Å²) in [6.45, 7) is 0.274. The highest BCUT2D eigenvalue weighted by Crippen LogP contribution is 2.51. The average Bonchev–Trinajstić information content (AvgIpc) is 3.58. The summed E-state index contributed by atoms with van der Waals surface area (Å²) in [6.07, 6.45) is -2.45. The molecule has 1 saturated carbocycles. The van der Waals surface area contributed by atoms with Gasteiger partial charge in [0.25, 0.3) is 0 Å². The van der Waals surface area contributed by atoms with Crippen LogP contribution in [0.4, 0.5) is 19.0 Å².